The van der Waals surface area contributed by atoms with E-state index in [1.165, 1.54) is 12.1 Å². The highest BCUT2D eigenvalue weighted by Crippen LogP contribution is 2.37. The number of halogens is 2. The zero-order chi connectivity index (χ0) is 14.6. The Morgan fingerprint density at radius 1 is 1.50 bits per heavy atom. The van der Waals surface area contributed by atoms with Crippen LogP contribution in [0.25, 0.3) is 0 Å². The van der Waals surface area contributed by atoms with Gasteiger partial charge in [-0.05, 0) is 12.5 Å². The summed E-state index contributed by atoms with van der Waals surface area (Å²) in [5, 5.41) is 30.6. The molecule has 114 valence electrons. The van der Waals surface area contributed by atoms with Crippen molar-refractivity contribution in [2.75, 3.05) is 0 Å². The van der Waals surface area contributed by atoms with E-state index in [0.717, 1.165) is 12.8 Å². The molecule has 0 heterocycles. The Hall–Kier alpha value is -0.890. The van der Waals surface area contributed by atoms with E-state index >= 15 is 0 Å². The summed E-state index contributed by atoms with van der Waals surface area (Å²) in [4.78, 5) is 10.1. The van der Waals surface area contributed by atoms with Gasteiger partial charge >= 0.3 is 5.69 Å². The van der Waals surface area contributed by atoms with Crippen LogP contribution in [-0.2, 0) is 0 Å². The molecule has 0 amide bonds. The van der Waals surface area contributed by atoms with E-state index in [0.29, 0.717) is 10.9 Å². The van der Waals surface area contributed by atoms with Crippen LogP contribution in [0.4, 0.5) is 5.69 Å². The number of phenolic OH excluding ortho intramolecular Hbond substituents is 1. The number of nitrogens with two attached hydrogens (primary N) is 1. The molecule has 0 spiro atoms. The lowest BCUT2D eigenvalue weighted by molar-refractivity contribution is -0.386. The van der Waals surface area contributed by atoms with Crippen LogP contribution in [0, 0.1) is 10.1 Å². The summed E-state index contributed by atoms with van der Waals surface area (Å²) in [5.41, 5.74) is 5.61. The second-order valence-electron chi connectivity index (χ2n) is 4.36. The molecule has 0 aliphatic rings. The first-order valence-electron chi connectivity index (χ1n) is 5.98. The molecule has 0 unspecified atom stereocenters. The molecule has 2 atom stereocenters. The number of nitro benzene ring substituents is 1. The van der Waals surface area contributed by atoms with Gasteiger partial charge in [-0.15, -0.1) is 12.4 Å². The lowest BCUT2D eigenvalue weighted by atomic mass is 9.97. The molecule has 0 fully saturated rings. The van der Waals surface area contributed by atoms with Crippen LogP contribution in [0.5, 0.6) is 5.75 Å². The third-order valence-corrected chi connectivity index (χ3v) is 3.37. The fourth-order valence-corrected chi connectivity index (χ4v) is 2.26. The second kappa shape index (κ2) is 8.41. The Balaban J connectivity index is 0.00000361. The fourth-order valence-electron chi connectivity index (χ4n) is 1.80. The smallest absolute Gasteiger partial charge is 0.312 e. The summed E-state index contributed by atoms with van der Waals surface area (Å²) < 4.78 is 0.435. The minimum absolute atomic E-state index is 0. The van der Waals surface area contributed by atoms with Gasteiger partial charge in [0, 0.05) is 16.1 Å². The molecule has 6 nitrogen and oxygen atoms in total. The van der Waals surface area contributed by atoms with Crippen molar-refractivity contribution in [3.05, 3.63) is 32.3 Å². The predicted octanol–water partition coefficient (Wildman–Crippen LogP) is 3.04. The van der Waals surface area contributed by atoms with Crippen molar-refractivity contribution in [3.63, 3.8) is 0 Å². The normalized spacial score (nSPS) is 13.4. The van der Waals surface area contributed by atoms with Crippen molar-refractivity contribution >= 4 is 34.0 Å². The van der Waals surface area contributed by atoms with E-state index < -0.39 is 28.5 Å². The number of nitro groups is 1. The molecule has 0 bridgehead atoms. The number of hydrogen-bond acceptors (Lipinski definition) is 5. The van der Waals surface area contributed by atoms with E-state index in [1.807, 2.05) is 6.92 Å². The third kappa shape index (κ3) is 4.59. The van der Waals surface area contributed by atoms with Crippen LogP contribution in [0.2, 0.25) is 0 Å². The predicted molar refractivity (Wildman–Crippen MR) is 82.2 cm³/mol. The molecule has 20 heavy (non-hydrogen) atoms. The molecule has 8 heteroatoms. The van der Waals surface area contributed by atoms with Crippen molar-refractivity contribution in [3.8, 4) is 5.75 Å². The summed E-state index contributed by atoms with van der Waals surface area (Å²) >= 11 is 3.13. The van der Waals surface area contributed by atoms with Crippen LogP contribution < -0.4 is 5.73 Å². The van der Waals surface area contributed by atoms with Gasteiger partial charge in [-0.3, -0.25) is 10.1 Å². The van der Waals surface area contributed by atoms with E-state index in [-0.39, 0.29) is 18.0 Å². The number of rotatable bonds is 6. The third-order valence-electron chi connectivity index (χ3n) is 2.91. The molecule has 0 aliphatic heterocycles. The topological polar surface area (TPSA) is 110 Å². The quantitative estimate of drug-likeness (QED) is 0.527. The Kier molecular flexibility index (Phi) is 8.03. The number of nitrogens with zero attached hydrogens (tertiary/aromatic N) is 1. The Morgan fingerprint density at radius 2 is 2.10 bits per heavy atom. The minimum atomic E-state index is -0.859. The SMILES string of the molecule is CCCC[C@H](O)[C@H](N)c1cc(Br)cc([N+](=O)[O-])c1O.Cl. The van der Waals surface area contributed by atoms with Crippen LogP contribution in [-0.4, -0.2) is 21.2 Å². The van der Waals surface area contributed by atoms with Gasteiger partial charge in [-0.2, -0.15) is 0 Å². The van der Waals surface area contributed by atoms with E-state index in [9.17, 15) is 20.3 Å². The molecule has 0 saturated carbocycles. The number of unbranched alkanes of at least 4 members (excludes halogenated alkanes) is 1. The number of aliphatic hydroxyl groups excluding tert-OH is 1. The summed E-state index contributed by atoms with van der Waals surface area (Å²) in [6.07, 6.45) is 1.34. The Bertz CT molecular complexity index is 473. The zero-order valence-corrected chi connectivity index (χ0v) is 13.4. The molecule has 1 rings (SSSR count). The average molecular weight is 370 g/mol. The van der Waals surface area contributed by atoms with Gasteiger partial charge in [-0.25, -0.2) is 0 Å². The fraction of sp³-hybridized carbons (Fsp3) is 0.500. The van der Waals surface area contributed by atoms with Crippen LogP contribution in [0.3, 0.4) is 0 Å². The van der Waals surface area contributed by atoms with Crippen LogP contribution in [0.15, 0.2) is 16.6 Å². The summed E-state index contributed by atoms with van der Waals surface area (Å²) in [6, 6.07) is 1.83. The second-order valence-corrected chi connectivity index (χ2v) is 5.27. The molecule has 1 aromatic rings. The Morgan fingerprint density at radius 3 is 2.60 bits per heavy atom. The van der Waals surface area contributed by atoms with Crippen molar-refractivity contribution in [2.45, 2.75) is 38.3 Å². The largest absolute Gasteiger partial charge is 0.502 e. The lowest BCUT2D eigenvalue weighted by Gasteiger charge is -2.20. The van der Waals surface area contributed by atoms with Crippen molar-refractivity contribution in [2.24, 2.45) is 5.73 Å². The first-order valence-corrected chi connectivity index (χ1v) is 6.78. The highest BCUT2D eigenvalue weighted by molar-refractivity contribution is 9.10. The maximum absolute atomic E-state index is 10.8. The number of benzene rings is 1. The minimum Gasteiger partial charge on any atom is -0.502 e. The first-order chi connectivity index (χ1) is 8.88. The number of phenols is 1. The van der Waals surface area contributed by atoms with Gasteiger partial charge < -0.3 is 15.9 Å². The van der Waals surface area contributed by atoms with Gasteiger partial charge in [-0.1, -0.05) is 35.7 Å². The van der Waals surface area contributed by atoms with E-state index in [1.54, 1.807) is 0 Å². The van der Waals surface area contributed by atoms with E-state index in [4.69, 9.17) is 5.73 Å². The van der Waals surface area contributed by atoms with Gasteiger partial charge in [0.2, 0.25) is 0 Å². The zero-order valence-electron chi connectivity index (χ0n) is 11.0. The number of aromatic hydroxyl groups is 1. The molecular weight excluding hydrogens is 351 g/mol. The number of hydrogen-bond donors (Lipinski definition) is 3. The van der Waals surface area contributed by atoms with Gasteiger partial charge in [0.05, 0.1) is 17.1 Å². The van der Waals surface area contributed by atoms with Gasteiger partial charge in [0.15, 0.2) is 5.75 Å². The highest BCUT2D eigenvalue weighted by Gasteiger charge is 2.25. The summed E-state index contributed by atoms with van der Waals surface area (Å²) in [6.45, 7) is 1.99. The highest BCUT2D eigenvalue weighted by atomic mass is 79.9. The molecule has 1 aromatic carbocycles. The average Bonchev–Trinajstić information content (AvgIpc) is 2.37. The van der Waals surface area contributed by atoms with Gasteiger partial charge in [0.1, 0.15) is 0 Å². The van der Waals surface area contributed by atoms with Crippen LogP contribution >= 0.6 is 28.3 Å². The molecule has 0 aliphatic carbocycles. The standard InChI is InChI=1S/C12H17BrN2O4.ClH/c1-2-3-4-10(16)11(14)8-5-7(13)6-9(12(8)17)15(18)19;/h5-6,10-11,16-17H,2-4,14H2,1H3;1H/t10-,11+;/m0./s1. The van der Waals surface area contributed by atoms with E-state index in [2.05, 4.69) is 15.9 Å². The van der Waals surface area contributed by atoms with Crippen LogP contribution in [0.1, 0.15) is 37.8 Å². The molecule has 0 saturated heterocycles. The molecule has 0 aromatic heterocycles. The molecule has 0 radical (unpaired) electrons. The summed E-state index contributed by atoms with van der Waals surface area (Å²) in [5.74, 6) is -0.490. The van der Waals surface area contributed by atoms with Crippen molar-refractivity contribution < 1.29 is 15.1 Å². The molecular formula is C12H18BrClN2O4. The maximum atomic E-state index is 10.8. The van der Waals surface area contributed by atoms with Gasteiger partial charge in [0.25, 0.3) is 0 Å². The first kappa shape index (κ1) is 19.1. The number of aliphatic hydroxyl groups is 1. The maximum Gasteiger partial charge on any atom is 0.312 e. The van der Waals surface area contributed by atoms with Crippen molar-refractivity contribution in [1.82, 2.24) is 0 Å². The van der Waals surface area contributed by atoms with Crippen molar-refractivity contribution in [1.29, 1.82) is 0 Å². The Labute approximate surface area is 131 Å². The lowest BCUT2D eigenvalue weighted by Crippen LogP contribution is -2.26. The molecule has 4 N–H and O–H groups in total. The monoisotopic (exact) mass is 368 g/mol. The summed E-state index contributed by atoms with van der Waals surface area (Å²) in [7, 11) is 0.